The molecule has 1 aliphatic carbocycles. The van der Waals surface area contributed by atoms with Crippen molar-refractivity contribution in [1.29, 1.82) is 0 Å². The lowest BCUT2D eigenvalue weighted by molar-refractivity contribution is -0.121. The molecule has 2 rings (SSSR count). The monoisotopic (exact) mass is 240 g/mol. The zero-order valence-corrected chi connectivity index (χ0v) is 10.1. The van der Waals surface area contributed by atoms with Crippen molar-refractivity contribution in [3.05, 3.63) is 12.3 Å². The maximum atomic E-state index is 11.6. The number of carbonyl (C=O) groups excluding carboxylic acids is 1. The van der Waals surface area contributed by atoms with Crippen molar-refractivity contribution >= 4 is 23.5 Å². The predicted molar refractivity (Wildman–Crippen MR) is 65.1 cm³/mol. The van der Waals surface area contributed by atoms with Crippen LogP contribution in [-0.4, -0.2) is 33.2 Å². The predicted octanol–water partition coefficient (Wildman–Crippen LogP) is 0.477. The first-order valence-electron chi connectivity index (χ1n) is 5.24. The van der Waals surface area contributed by atoms with Crippen LogP contribution in [0.2, 0.25) is 0 Å². The van der Waals surface area contributed by atoms with E-state index in [9.17, 15) is 4.79 Å². The smallest absolute Gasteiger partial charge is 0.241 e. The van der Waals surface area contributed by atoms with Crippen molar-refractivity contribution in [1.82, 2.24) is 15.1 Å². The van der Waals surface area contributed by atoms with Crippen LogP contribution in [0.25, 0.3) is 0 Å². The second kappa shape index (κ2) is 4.37. The SMILES string of the molecule is CSC1(CNC(=O)Cn2ccc(N)n2)CC1. The second-order valence-corrected chi connectivity index (χ2v) is 5.38. The van der Waals surface area contributed by atoms with Gasteiger partial charge in [-0.3, -0.25) is 9.48 Å². The van der Waals surface area contributed by atoms with Crippen molar-refractivity contribution in [2.45, 2.75) is 24.1 Å². The number of rotatable bonds is 5. The lowest BCUT2D eigenvalue weighted by Crippen LogP contribution is -2.34. The molecule has 1 aromatic rings. The Morgan fingerprint density at radius 2 is 2.50 bits per heavy atom. The van der Waals surface area contributed by atoms with Crippen molar-refractivity contribution in [3.8, 4) is 0 Å². The van der Waals surface area contributed by atoms with E-state index in [0.717, 1.165) is 6.54 Å². The molecule has 1 aliphatic rings. The highest BCUT2D eigenvalue weighted by molar-refractivity contribution is 8.00. The molecule has 16 heavy (non-hydrogen) atoms. The molecule has 1 fully saturated rings. The Balaban J connectivity index is 1.76. The number of nitrogens with zero attached hydrogens (tertiary/aromatic N) is 2. The molecule has 3 N–H and O–H groups in total. The highest BCUT2D eigenvalue weighted by Gasteiger charge is 2.41. The van der Waals surface area contributed by atoms with Gasteiger partial charge in [0.25, 0.3) is 0 Å². The van der Waals surface area contributed by atoms with Crippen LogP contribution in [-0.2, 0) is 11.3 Å². The molecule has 0 aliphatic heterocycles. The molecular formula is C10H16N4OS. The highest BCUT2D eigenvalue weighted by atomic mass is 32.2. The van der Waals surface area contributed by atoms with E-state index in [1.54, 1.807) is 16.9 Å². The average molecular weight is 240 g/mol. The van der Waals surface area contributed by atoms with Gasteiger partial charge in [-0.05, 0) is 25.2 Å². The fourth-order valence-electron chi connectivity index (χ4n) is 1.52. The standard InChI is InChI=1S/C10H16N4OS/c1-16-10(3-4-10)7-12-9(15)6-14-5-2-8(11)13-14/h2,5H,3-4,6-7H2,1H3,(H2,11,13)(H,12,15). The van der Waals surface area contributed by atoms with Crippen molar-refractivity contribution in [2.75, 3.05) is 18.5 Å². The maximum Gasteiger partial charge on any atom is 0.241 e. The minimum atomic E-state index is -0.0107. The van der Waals surface area contributed by atoms with Gasteiger partial charge in [-0.15, -0.1) is 0 Å². The number of amides is 1. The van der Waals surface area contributed by atoms with Crippen LogP contribution in [0.1, 0.15) is 12.8 Å². The third kappa shape index (κ3) is 2.69. The van der Waals surface area contributed by atoms with E-state index in [4.69, 9.17) is 5.73 Å². The number of nitrogens with one attached hydrogen (secondary N) is 1. The van der Waals surface area contributed by atoms with Gasteiger partial charge in [-0.2, -0.15) is 16.9 Å². The summed E-state index contributed by atoms with van der Waals surface area (Å²) in [6, 6.07) is 1.68. The lowest BCUT2D eigenvalue weighted by atomic mass is 10.4. The summed E-state index contributed by atoms with van der Waals surface area (Å²) in [7, 11) is 0. The Hall–Kier alpha value is -1.17. The van der Waals surface area contributed by atoms with E-state index in [1.165, 1.54) is 12.8 Å². The quantitative estimate of drug-likeness (QED) is 0.785. The first kappa shape index (κ1) is 11.3. The van der Waals surface area contributed by atoms with E-state index >= 15 is 0 Å². The largest absolute Gasteiger partial charge is 0.382 e. The number of hydrogen-bond donors (Lipinski definition) is 2. The van der Waals surface area contributed by atoms with Crippen LogP contribution in [0, 0.1) is 0 Å². The second-order valence-electron chi connectivity index (χ2n) is 4.10. The van der Waals surface area contributed by atoms with Gasteiger partial charge < -0.3 is 11.1 Å². The number of aromatic nitrogens is 2. The zero-order valence-electron chi connectivity index (χ0n) is 9.27. The third-order valence-corrected chi connectivity index (χ3v) is 4.23. The molecule has 0 aromatic carbocycles. The first-order chi connectivity index (χ1) is 7.63. The fraction of sp³-hybridized carbons (Fsp3) is 0.600. The molecule has 0 atom stereocenters. The molecule has 1 amide bonds. The van der Waals surface area contributed by atoms with Crippen LogP contribution in [0.15, 0.2) is 12.3 Å². The molecule has 6 heteroatoms. The Labute approximate surface area is 98.8 Å². The van der Waals surface area contributed by atoms with Crippen LogP contribution in [0.5, 0.6) is 0 Å². The molecule has 0 bridgehead atoms. The van der Waals surface area contributed by atoms with Crippen molar-refractivity contribution in [2.24, 2.45) is 0 Å². The Bertz CT molecular complexity index is 386. The van der Waals surface area contributed by atoms with Crippen LogP contribution < -0.4 is 11.1 Å². The molecule has 0 spiro atoms. The van der Waals surface area contributed by atoms with Gasteiger partial charge in [-0.1, -0.05) is 0 Å². The summed E-state index contributed by atoms with van der Waals surface area (Å²) in [4.78, 5) is 11.6. The van der Waals surface area contributed by atoms with Gasteiger partial charge in [0, 0.05) is 17.5 Å². The van der Waals surface area contributed by atoms with Crippen LogP contribution >= 0.6 is 11.8 Å². The van der Waals surface area contributed by atoms with Crippen molar-refractivity contribution < 1.29 is 4.79 Å². The van der Waals surface area contributed by atoms with E-state index in [2.05, 4.69) is 16.7 Å². The summed E-state index contributed by atoms with van der Waals surface area (Å²) in [5.41, 5.74) is 5.46. The average Bonchev–Trinajstić information content (AvgIpc) is 2.95. The summed E-state index contributed by atoms with van der Waals surface area (Å²) in [6.07, 6.45) is 6.19. The van der Waals surface area contributed by atoms with Crippen LogP contribution in [0.4, 0.5) is 5.82 Å². The lowest BCUT2D eigenvalue weighted by Gasteiger charge is -2.12. The van der Waals surface area contributed by atoms with Gasteiger partial charge in [0.1, 0.15) is 12.4 Å². The summed E-state index contributed by atoms with van der Waals surface area (Å²) in [5.74, 6) is 0.430. The first-order valence-corrected chi connectivity index (χ1v) is 6.47. The summed E-state index contributed by atoms with van der Waals surface area (Å²) in [6.45, 7) is 0.991. The third-order valence-electron chi connectivity index (χ3n) is 2.82. The Morgan fingerprint density at radius 1 is 1.75 bits per heavy atom. The van der Waals surface area contributed by atoms with Gasteiger partial charge in [0.2, 0.25) is 5.91 Å². The summed E-state index contributed by atoms with van der Waals surface area (Å²) in [5, 5.41) is 6.89. The van der Waals surface area contributed by atoms with E-state index in [-0.39, 0.29) is 12.5 Å². The molecule has 0 saturated heterocycles. The van der Waals surface area contributed by atoms with E-state index in [0.29, 0.717) is 10.6 Å². The molecule has 0 unspecified atom stereocenters. The number of nitrogen functional groups attached to an aromatic ring is 1. The molecule has 1 aromatic heterocycles. The van der Waals surface area contributed by atoms with Gasteiger partial charge in [-0.25, -0.2) is 0 Å². The molecular weight excluding hydrogens is 224 g/mol. The molecule has 0 radical (unpaired) electrons. The number of hydrogen-bond acceptors (Lipinski definition) is 4. The maximum absolute atomic E-state index is 11.6. The topological polar surface area (TPSA) is 72.9 Å². The number of carbonyl (C=O) groups is 1. The molecule has 5 nitrogen and oxygen atoms in total. The summed E-state index contributed by atoms with van der Waals surface area (Å²) >= 11 is 1.83. The molecule has 88 valence electrons. The minimum Gasteiger partial charge on any atom is -0.382 e. The van der Waals surface area contributed by atoms with E-state index < -0.39 is 0 Å². The molecule has 1 heterocycles. The van der Waals surface area contributed by atoms with Gasteiger partial charge >= 0.3 is 0 Å². The highest BCUT2D eigenvalue weighted by Crippen LogP contribution is 2.46. The van der Waals surface area contributed by atoms with Crippen LogP contribution in [0.3, 0.4) is 0 Å². The Kier molecular flexibility index (Phi) is 3.09. The number of anilines is 1. The number of nitrogens with two attached hydrogens (primary N) is 1. The fourth-order valence-corrected chi connectivity index (χ4v) is 2.25. The zero-order chi connectivity index (χ0) is 11.6. The van der Waals surface area contributed by atoms with Gasteiger partial charge in [0.05, 0.1) is 0 Å². The van der Waals surface area contributed by atoms with Gasteiger partial charge in [0.15, 0.2) is 0 Å². The van der Waals surface area contributed by atoms with E-state index in [1.807, 2.05) is 11.8 Å². The molecule has 1 saturated carbocycles. The number of thioether (sulfide) groups is 1. The summed E-state index contributed by atoms with van der Waals surface area (Å²) < 4.78 is 1.85. The normalized spacial score (nSPS) is 17.1. The minimum absolute atomic E-state index is 0.0107. The van der Waals surface area contributed by atoms with Crippen molar-refractivity contribution in [3.63, 3.8) is 0 Å². The Morgan fingerprint density at radius 3 is 3.00 bits per heavy atom.